The number of anilines is 1. The molecule has 0 spiro atoms. The Hall–Kier alpha value is -1.85. The van der Waals surface area contributed by atoms with Crippen molar-refractivity contribution in [3.05, 3.63) is 40.3 Å². The van der Waals surface area contributed by atoms with Gasteiger partial charge in [0.25, 0.3) is 10.0 Å². The van der Waals surface area contributed by atoms with Crippen molar-refractivity contribution in [3.8, 4) is 6.07 Å². The standard InChI is InChI=1S/C13H13BrN4O2S/c1-3-18-8-13(16-9(18)2)21(19,20)17-12-6-11(14)5-4-10(12)7-15/h4-6,8,17H,3H2,1-2H3. The zero-order valence-electron chi connectivity index (χ0n) is 11.5. The number of hydrogen-bond acceptors (Lipinski definition) is 4. The van der Waals surface area contributed by atoms with E-state index in [0.29, 0.717) is 16.8 Å². The summed E-state index contributed by atoms with van der Waals surface area (Å²) in [7, 11) is -3.83. The maximum absolute atomic E-state index is 12.4. The molecule has 2 rings (SSSR count). The van der Waals surface area contributed by atoms with Crippen LogP contribution in [-0.4, -0.2) is 18.0 Å². The number of benzene rings is 1. The van der Waals surface area contributed by atoms with E-state index in [1.165, 1.54) is 12.3 Å². The molecule has 1 N–H and O–H groups in total. The van der Waals surface area contributed by atoms with Gasteiger partial charge >= 0.3 is 0 Å². The molecule has 0 fully saturated rings. The van der Waals surface area contributed by atoms with Crippen LogP contribution in [0.5, 0.6) is 0 Å². The van der Waals surface area contributed by atoms with Gasteiger partial charge in [-0.3, -0.25) is 4.72 Å². The highest BCUT2D eigenvalue weighted by atomic mass is 79.9. The van der Waals surface area contributed by atoms with Gasteiger partial charge in [0.05, 0.1) is 11.3 Å². The van der Waals surface area contributed by atoms with E-state index in [1.807, 2.05) is 13.0 Å². The van der Waals surface area contributed by atoms with Gasteiger partial charge in [0.2, 0.25) is 0 Å². The minimum absolute atomic E-state index is 0.0642. The van der Waals surface area contributed by atoms with E-state index in [9.17, 15) is 8.42 Å². The van der Waals surface area contributed by atoms with Crippen LogP contribution in [0.4, 0.5) is 5.69 Å². The van der Waals surface area contributed by atoms with Crippen LogP contribution in [-0.2, 0) is 16.6 Å². The lowest BCUT2D eigenvalue weighted by Gasteiger charge is -2.07. The summed E-state index contributed by atoms with van der Waals surface area (Å²) in [5.41, 5.74) is 0.462. The van der Waals surface area contributed by atoms with Gasteiger partial charge in [-0.1, -0.05) is 15.9 Å². The molecule has 1 aromatic heterocycles. The number of nitrogens with zero attached hydrogens (tertiary/aromatic N) is 3. The lowest BCUT2D eigenvalue weighted by molar-refractivity contribution is 0.598. The third kappa shape index (κ3) is 3.25. The first-order valence-corrected chi connectivity index (χ1v) is 8.41. The highest BCUT2D eigenvalue weighted by molar-refractivity contribution is 9.10. The fourth-order valence-electron chi connectivity index (χ4n) is 1.82. The van der Waals surface area contributed by atoms with Gasteiger partial charge in [-0.25, -0.2) is 4.98 Å². The first kappa shape index (κ1) is 15.5. The molecule has 0 saturated carbocycles. The number of imidazole rings is 1. The number of rotatable bonds is 4. The van der Waals surface area contributed by atoms with Gasteiger partial charge in [0.1, 0.15) is 11.9 Å². The molecule has 0 radical (unpaired) electrons. The summed E-state index contributed by atoms with van der Waals surface area (Å²) < 4.78 is 29.5. The van der Waals surface area contributed by atoms with Crippen molar-refractivity contribution in [1.29, 1.82) is 5.26 Å². The molecule has 0 amide bonds. The molecule has 1 heterocycles. The number of halogens is 1. The molecule has 110 valence electrons. The highest BCUT2D eigenvalue weighted by Gasteiger charge is 2.20. The van der Waals surface area contributed by atoms with Crippen LogP contribution in [0.15, 0.2) is 33.9 Å². The first-order valence-electron chi connectivity index (χ1n) is 6.13. The zero-order chi connectivity index (χ0) is 15.6. The molecule has 0 atom stereocenters. The Morgan fingerprint density at radius 3 is 2.76 bits per heavy atom. The summed E-state index contributed by atoms with van der Waals surface area (Å²) in [4.78, 5) is 4.05. The molecule has 1 aromatic carbocycles. The molecule has 2 aromatic rings. The predicted molar refractivity (Wildman–Crippen MR) is 82.3 cm³/mol. The normalized spacial score (nSPS) is 11.1. The van der Waals surface area contributed by atoms with Crippen LogP contribution >= 0.6 is 15.9 Å². The van der Waals surface area contributed by atoms with Crippen LogP contribution in [0.1, 0.15) is 18.3 Å². The van der Waals surface area contributed by atoms with Crippen LogP contribution in [0.3, 0.4) is 0 Å². The summed E-state index contributed by atoms with van der Waals surface area (Å²) in [6, 6.07) is 6.71. The van der Waals surface area contributed by atoms with E-state index in [4.69, 9.17) is 5.26 Å². The number of aryl methyl sites for hydroxylation is 2. The monoisotopic (exact) mass is 368 g/mol. The van der Waals surface area contributed by atoms with Crippen LogP contribution in [0.2, 0.25) is 0 Å². The average molecular weight is 369 g/mol. The molecular formula is C13H13BrN4O2S. The summed E-state index contributed by atoms with van der Waals surface area (Å²) in [6.45, 7) is 4.28. The minimum atomic E-state index is -3.83. The fourth-order valence-corrected chi connectivity index (χ4v) is 3.27. The molecule has 0 aliphatic rings. The van der Waals surface area contributed by atoms with Gasteiger partial charge in [-0.15, -0.1) is 0 Å². The smallest absolute Gasteiger partial charge is 0.280 e. The lowest BCUT2D eigenvalue weighted by Crippen LogP contribution is -2.14. The quantitative estimate of drug-likeness (QED) is 0.898. The van der Waals surface area contributed by atoms with Crippen molar-refractivity contribution >= 4 is 31.6 Å². The Labute approximate surface area is 131 Å². The van der Waals surface area contributed by atoms with Crippen molar-refractivity contribution in [3.63, 3.8) is 0 Å². The maximum atomic E-state index is 12.4. The van der Waals surface area contributed by atoms with Crippen molar-refractivity contribution in [1.82, 2.24) is 9.55 Å². The van der Waals surface area contributed by atoms with E-state index >= 15 is 0 Å². The molecule has 0 bridgehead atoms. The third-order valence-electron chi connectivity index (χ3n) is 2.92. The Balaban J connectivity index is 2.42. The van der Waals surface area contributed by atoms with E-state index in [-0.39, 0.29) is 16.3 Å². The van der Waals surface area contributed by atoms with Gasteiger partial charge in [-0.05, 0) is 32.0 Å². The van der Waals surface area contributed by atoms with E-state index in [0.717, 1.165) is 0 Å². The maximum Gasteiger partial charge on any atom is 0.280 e. The largest absolute Gasteiger partial charge is 0.334 e. The summed E-state index contributed by atoms with van der Waals surface area (Å²) in [5, 5.41) is 8.98. The first-order chi connectivity index (χ1) is 9.87. The molecule has 8 heteroatoms. The molecule has 6 nitrogen and oxygen atoms in total. The molecule has 0 aliphatic carbocycles. The number of sulfonamides is 1. The van der Waals surface area contributed by atoms with Gasteiger partial charge in [0.15, 0.2) is 5.03 Å². The number of nitrogens with one attached hydrogen (secondary N) is 1. The minimum Gasteiger partial charge on any atom is -0.334 e. The summed E-state index contributed by atoms with van der Waals surface area (Å²) in [6.07, 6.45) is 1.47. The number of aromatic nitrogens is 2. The number of hydrogen-bond donors (Lipinski definition) is 1. The Morgan fingerprint density at radius 1 is 1.48 bits per heavy atom. The molecule has 0 saturated heterocycles. The Morgan fingerprint density at radius 2 is 2.19 bits per heavy atom. The van der Waals surface area contributed by atoms with Crippen molar-refractivity contribution in [2.75, 3.05) is 4.72 Å². The van der Waals surface area contributed by atoms with Gasteiger partial charge < -0.3 is 4.57 Å². The van der Waals surface area contributed by atoms with Crippen molar-refractivity contribution in [2.24, 2.45) is 0 Å². The van der Waals surface area contributed by atoms with E-state index in [2.05, 4.69) is 25.6 Å². The second-order valence-electron chi connectivity index (χ2n) is 4.32. The second kappa shape index (κ2) is 5.87. The van der Waals surface area contributed by atoms with Crippen molar-refractivity contribution in [2.45, 2.75) is 25.4 Å². The second-order valence-corrected chi connectivity index (χ2v) is 6.86. The van der Waals surface area contributed by atoms with E-state index < -0.39 is 10.0 Å². The van der Waals surface area contributed by atoms with Crippen LogP contribution in [0.25, 0.3) is 0 Å². The van der Waals surface area contributed by atoms with Crippen LogP contribution in [0, 0.1) is 18.3 Å². The topological polar surface area (TPSA) is 87.8 Å². The fraction of sp³-hybridized carbons (Fsp3) is 0.231. The summed E-state index contributed by atoms with van der Waals surface area (Å²) >= 11 is 3.25. The SMILES string of the molecule is CCn1cc(S(=O)(=O)Nc2cc(Br)ccc2C#N)nc1C. The molecule has 0 aliphatic heterocycles. The average Bonchev–Trinajstić information content (AvgIpc) is 2.81. The molecule has 0 unspecified atom stereocenters. The van der Waals surface area contributed by atoms with Gasteiger partial charge in [-0.2, -0.15) is 13.7 Å². The van der Waals surface area contributed by atoms with Crippen LogP contribution < -0.4 is 4.72 Å². The Kier molecular flexibility index (Phi) is 4.34. The Bertz CT molecular complexity index is 821. The van der Waals surface area contributed by atoms with E-state index in [1.54, 1.807) is 23.6 Å². The number of nitriles is 1. The highest BCUT2D eigenvalue weighted by Crippen LogP contribution is 2.23. The third-order valence-corrected chi connectivity index (χ3v) is 4.65. The lowest BCUT2D eigenvalue weighted by atomic mass is 10.2. The molecular weight excluding hydrogens is 356 g/mol. The predicted octanol–water partition coefficient (Wildman–Crippen LogP) is 2.65. The molecule has 21 heavy (non-hydrogen) atoms. The summed E-state index contributed by atoms with van der Waals surface area (Å²) in [5.74, 6) is 0.618. The van der Waals surface area contributed by atoms with Crippen molar-refractivity contribution < 1.29 is 8.42 Å². The zero-order valence-corrected chi connectivity index (χ0v) is 13.9. The van der Waals surface area contributed by atoms with Gasteiger partial charge in [0, 0.05) is 17.2 Å².